The number of hydrogen-bond donors (Lipinski definition) is 2. The van der Waals surface area contributed by atoms with Crippen molar-refractivity contribution in [1.82, 2.24) is 9.44 Å². The molecule has 5 heteroatoms. The molecule has 0 rings (SSSR count). The summed E-state index contributed by atoms with van der Waals surface area (Å²) in [4.78, 5) is 0. The molecule has 80 valence electrons. The van der Waals surface area contributed by atoms with Crippen molar-refractivity contribution in [3.8, 4) is 0 Å². The first kappa shape index (κ1) is 12.9. The molecule has 0 aromatic rings. The molecule has 0 aliphatic rings. The lowest BCUT2D eigenvalue weighted by Crippen LogP contribution is -2.39. The Labute approximate surface area is 81.3 Å². The molecule has 2 N–H and O–H groups in total. The molecule has 0 radical (unpaired) electrons. The van der Waals surface area contributed by atoms with E-state index in [4.69, 9.17) is 0 Å². The van der Waals surface area contributed by atoms with E-state index in [1.54, 1.807) is 0 Å². The van der Waals surface area contributed by atoms with Crippen LogP contribution in [0, 0.1) is 11.8 Å². The Hall–Kier alpha value is -0.130. The van der Waals surface area contributed by atoms with Crippen LogP contribution in [-0.4, -0.2) is 21.5 Å². The Kier molecular flexibility index (Phi) is 5.51. The quantitative estimate of drug-likeness (QED) is 0.676. The summed E-state index contributed by atoms with van der Waals surface area (Å²) in [7, 11) is -3.27. The molecule has 13 heavy (non-hydrogen) atoms. The molecule has 0 heterocycles. The fraction of sp³-hybridized carbons (Fsp3) is 1.00. The van der Waals surface area contributed by atoms with Crippen molar-refractivity contribution in [2.75, 3.05) is 13.1 Å². The maximum absolute atomic E-state index is 11.2. The van der Waals surface area contributed by atoms with Gasteiger partial charge in [-0.3, -0.25) is 0 Å². The van der Waals surface area contributed by atoms with Gasteiger partial charge >= 0.3 is 0 Å². The molecule has 0 aliphatic heterocycles. The Morgan fingerprint density at radius 2 is 1.23 bits per heavy atom. The minimum Gasteiger partial charge on any atom is -0.202 e. The van der Waals surface area contributed by atoms with E-state index in [9.17, 15) is 8.42 Å². The largest absolute Gasteiger partial charge is 0.276 e. The molecule has 0 atom stereocenters. The molecule has 0 aromatic carbocycles. The van der Waals surface area contributed by atoms with E-state index in [1.807, 2.05) is 27.7 Å². The molecule has 0 saturated heterocycles. The smallest absolute Gasteiger partial charge is 0.202 e. The highest BCUT2D eigenvalue weighted by Gasteiger charge is 2.09. The number of hydrogen-bond acceptors (Lipinski definition) is 2. The van der Waals surface area contributed by atoms with Crippen LogP contribution in [0.1, 0.15) is 27.7 Å². The standard InChI is InChI=1S/C8H20N2O2S/c1-7(2)5-9-13(11,12)10-6-8(3)4/h7-10H,5-6H2,1-4H3. The van der Waals surface area contributed by atoms with E-state index >= 15 is 0 Å². The topological polar surface area (TPSA) is 58.2 Å². The van der Waals surface area contributed by atoms with Crippen molar-refractivity contribution in [3.05, 3.63) is 0 Å². The van der Waals surface area contributed by atoms with Gasteiger partial charge in [-0.25, -0.2) is 9.44 Å². The first-order chi connectivity index (χ1) is 5.83. The average molecular weight is 208 g/mol. The molecule has 4 nitrogen and oxygen atoms in total. The molecule has 0 aromatic heterocycles. The summed E-state index contributed by atoms with van der Waals surface area (Å²) >= 11 is 0. The van der Waals surface area contributed by atoms with Gasteiger partial charge in [0, 0.05) is 13.1 Å². The van der Waals surface area contributed by atoms with E-state index < -0.39 is 10.2 Å². The van der Waals surface area contributed by atoms with Gasteiger partial charge in [0.1, 0.15) is 0 Å². The lowest BCUT2D eigenvalue weighted by atomic mass is 10.2. The lowest BCUT2D eigenvalue weighted by Gasteiger charge is -2.11. The highest BCUT2D eigenvalue weighted by atomic mass is 32.2. The lowest BCUT2D eigenvalue weighted by molar-refractivity contribution is 0.533. The second-order valence-electron chi connectivity index (χ2n) is 3.99. The Balaban J connectivity index is 3.81. The third-order valence-electron chi connectivity index (χ3n) is 1.36. The van der Waals surface area contributed by atoms with E-state index in [-0.39, 0.29) is 0 Å². The van der Waals surface area contributed by atoms with Gasteiger partial charge < -0.3 is 0 Å². The molecular weight excluding hydrogens is 188 g/mol. The maximum atomic E-state index is 11.2. The van der Waals surface area contributed by atoms with E-state index in [2.05, 4.69) is 9.44 Å². The highest BCUT2D eigenvalue weighted by molar-refractivity contribution is 7.87. The summed E-state index contributed by atoms with van der Waals surface area (Å²) < 4.78 is 27.4. The first-order valence-corrected chi connectivity index (χ1v) is 6.06. The van der Waals surface area contributed by atoms with Gasteiger partial charge in [-0.05, 0) is 11.8 Å². The predicted octanol–water partition coefficient (Wildman–Crippen LogP) is 0.722. The summed E-state index contributed by atoms with van der Waals surface area (Å²) in [6.07, 6.45) is 0. The van der Waals surface area contributed by atoms with E-state index in [1.165, 1.54) is 0 Å². The van der Waals surface area contributed by atoms with Gasteiger partial charge in [0.05, 0.1) is 0 Å². The van der Waals surface area contributed by atoms with Gasteiger partial charge in [0.15, 0.2) is 0 Å². The minimum atomic E-state index is -3.27. The van der Waals surface area contributed by atoms with Crippen LogP contribution in [0.15, 0.2) is 0 Å². The van der Waals surface area contributed by atoms with Crippen LogP contribution < -0.4 is 9.44 Å². The molecule has 0 spiro atoms. The van der Waals surface area contributed by atoms with Gasteiger partial charge in [-0.15, -0.1) is 0 Å². The fourth-order valence-corrected chi connectivity index (χ4v) is 1.81. The van der Waals surface area contributed by atoms with E-state index in [0.717, 1.165) is 0 Å². The van der Waals surface area contributed by atoms with Crippen LogP contribution in [-0.2, 0) is 10.2 Å². The van der Waals surface area contributed by atoms with Crippen molar-refractivity contribution in [3.63, 3.8) is 0 Å². The van der Waals surface area contributed by atoms with Crippen LogP contribution in [0.4, 0.5) is 0 Å². The minimum absolute atomic E-state index is 0.329. The first-order valence-electron chi connectivity index (χ1n) is 4.57. The van der Waals surface area contributed by atoms with Gasteiger partial charge in [-0.2, -0.15) is 8.42 Å². The van der Waals surface area contributed by atoms with Crippen LogP contribution in [0.25, 0.3) is 0 Å². The highest BCUT2D eigenvalue weighted by Crippen LogP contribution is 1.91. The Morgan fingerprint density at radius 1 is 0.923 bits per heavy atom. The molecule has 0 bridgehead atoms. The van der Waals surface area contributed by atoms with Gasteiger partial charge in [-0.1, -0.05) is 27.7 Å². The van der Waals surface area contributed by atoms with Gasteiger partial charge in [0.25, 0.3) is 10.2 Å². The van der Waals surface area contributed by atoms with Crippen molar-refractivity contribution < 1.29 is 8.42 Å². The zero-order chi connectivity index (χ0) is 10.5. The Bertz CT molecular complexity index is 204. The second-order valence-corrected chi connectivity index (χ2v) is 5.57. The summed E-state index contributed by atoms with van der Waals surface area (Å²) in [5, 5.41) is 0. The summed E-state index contributed by atoms with van der Waals surface area (Å²) in [5.74, 6) is 0.659. The fourth-order valence-electron chi connectivity index (χ4n) is 0.604. The summed E-state index contributed by atoms with van der Waals surface area (Å²) in [6.45, 7) is 8.81. The van der Waals surface area contributed by atoms with Crippen LogP contribution in [0.5, 0.6) is 0 Å². The number of rotatable bonds is 6. The zero-order valence-corrected chi connectivity index (χ0v) is 9.61. The predicted molar refractivity (Wildman–Crippen MR) is 54.6 cm³/mol. The zero-order valence-electron chi connectivity index (χ0n) is 8.79. The molecule has 0 saturated carbocycles. The van der Waals surface area contributed by atoms with Gasteiger partial charge in [0.2, 0.25) is 0 Å². The second kappa shape index (κ2) is 5.57. The molecule has 0 aliphatic carbocycles. The van der Waals surface area contributed by atoms with E-state index in [0.29, 0.717) is 24.9 Å². The molecule has 0 unspecified atom stereocenters. The third-order valence-corrected chi connectivity index (χ3v) is 2.46. The summed E-state index contributed by atoms with van der Waals surface area (Å²) in [6, 6.07) is 0. The van der Waals surface area contributed by atoms with Crippen molar-refractivity contribution in [1.29, 1.82) is 0 Å². The normalized spacial score (nSPS) is 12.8. The third kappa shape index (κ3) is 8.21. The molecular formula is C8H20N2O2S. The summed E-state index contributed by atoms with van der Waals surface area (Å²) in [5.41, 5.74) is 0. The average Bonchev–Trinajstić information content (AvgIpc) is 1.98. The molecule has 0 amide bonds. The number of nitrogens with one attached hydrogen (secondary N) is 2. The van der Waals surface area contributed by atoms with Crippen LogP contribution >= 0.6 is 0 Å². The van der Waals surface area contributed by atoms with Crippen LogP contribution in [0.2, 0.25) is 0 Å². The van der Waals surface area contributed by atoms with Crippen molar-refractivity contribution in [2.45, 2.75) is 27.7 Å². The maximum Gasteiger partial charge on any atom is 0.276 e. The van der Waals surface area contributed by atoms with Crippen molar-refractivity contribution >= 4 is 10.2 Å². The molecule has 0 fully saturated rings. The van der Waals surface area contributed by atoms with Crippen molar-refractivity contribution in [2.24, 2.45) is 11.8 Å². The monoisotopic (exact) mass is 208 g/mol. The SMILES string of the molecule is CC(C)CNS(=O)(=O)NCC(C)C. The Morgan fingerprint density at radius 3 is 1.46 bits per heavy atom. The van der Waals surface area contributed by atoms with Crippen LogP contribution in [0.3, 0.4) is 0 Å².